The van der Waals surface area contributed by atoms with Gasteiger partial charge in [-0.05, 0) is 46.0 Å². The molecule has 96 valence electrons. The maximum Gasteiger partial charge on any atom is 0.264 e. The second kappa shape index (κ2) is 5.28. The van der Waals surface area contributed by atoms with Crippen LogP contribution in [0, 0.1) is 3.57 Å². The molecule has 0 saturated heterocycles. The van der Waals surface area contributed by atoms with E-state index in [-0.39, 0.29) is 12.4 Å². The minimum atomic E-state index is -3.50. The number of aromatic nitrogens is 4. The first-order valence-electron chi connectivity index (χ1n) is 4.83. The molecule has 0 atom stereocenters. The maximum atomic E-state index is 10.8. The van der Waals surface area contributed by atoms with Gasteiger partial charge >= 0.3 is 0 Å². The van der Waals surface area contributed by atoms with Crippen LogP contribution in [0.4, 0.5) is 0 Å². The Bertz CT molecular complexity index is 655. The molecule has 18 heavy (non-hydrogen) atoms. The van der Waals surface area contributed by atoms with E-state index in [1.807, 2.05) is 24.3 Å². The Kier molecular flexibility index (Phi) is 3.92. The molecule has 0 radical (unpaired) electrons. The summed E-state index contributed by atoms with van der Waals surface area (Å²) in [5, 5.41) is 11.6. The molecule has 0 fully saturated rings. The SMILES string of the molecule is CS(=O)(=O)OCc1nnn(-c2cccc(I)c2)n1. The molecule has 0 saturated carbocycles. The monoisotopic (exact) mass is 380 g/mol. The number of rotatable bonds is 4. The Balaban J connectivity index is 2.16. The zero-order chi connectivity index (χ0) is 13.2. The van der Waals surface area contributed by atoms with Crippen LogP contribution >= 0.6 is 22.6 Å². The van der Waals surface area contributed by atoms with Crippen LogP contribution in [0.25, 0.3) is 5.69 Å². The number of hydrogen-bond donors (Lipinski definition) is 0. The molecule has 1 heterocycles. The molecule has 0 amide bonds. The zero-order valence-corrected chi connectivity index (χ0v) is 12.3. The average Bonchev–Trinajstić information content (AvgIpc) is 2.74. The summed E-state index contributed by atoms with van der Waals surface area (Å²) in [7, 11) is -3.50. The van der Waals surface area contributed by atoms with E-state index in [1.165, 1.54) is 4.80 Å². The molecule has 0 spiro atoms. The van der Waals surface area contributed by atoms with E-state index in [2.05, 4.69) is 42.2 Å². The number of nitrogens with zero attached hydrogens (tertiary/aromatic N) is 4. The Morgan fingerprint density at radius 2 is 2.22 bits per heavy atom. The third-order valence-electron chi connectivity index (χ3n) is 1.90. The van der Waals surface area contributed by atoms with Gasteiger partial charge in [-0.1, -0.05) is 6.07 Å². The van der Waals surface area contributed by atoms with E-state index in [0.29, 0.717) is 0 Å². The van der Waals surface area contributed by atoms with Crippen molar-refractivity contribution < 1.29 is 12.6 Å². The molecule has 0 bridgehead atoms. The highest BCUT2D eigenvalue weighted by Gasteiger charge is 2.08. The van der Waals surface area contributed by atoms with Gasteiger partial charge in [-0.25, -0.2) is 0 Å². The highest BCUT2D eigenvalue weighted by Crippen LogP contribution is 2.10. The van der Waals surface area contributed by atoms with Gasteiger partial charge in [-0.3, -0.25) is 4.18 Å². The first-order chi connectivity index (χ1) is 8.44. The second-order valence-electron chi connectivity index (χ2n) is 3.44. The summed E-state index contributed by atoms with van der Waals surface area (Å²) in [6, 6.07) is 7.51. The van der Waals surface area contributed by atoms with Crippen LogP contribution in [-0.2, 0) is 20.9 Å². The molecular formula is C9H9IN4O3S. The van der Waals surface area contributed by atoms with E-state index < -0.39 is 10.1 Å². The molecule has 0 aliphatic rings. The first-order valence-corrected chi connectivity index (χ1v) is 7.73. The third-order valence-corrected chi connectivity index (χ3v) is 3.11. The average molecular weight is 380 g/mol. The van der Waals surface area contributed by atoms with Crippen molar-refractivity contribution in [3.05, 3.63) is 33.7 Å². The van der Waals surface area contributed by atoms with Gasteiger partial charge < -0.3 is 0 Å². The van der Waals surface area contributed by atoms with Gasteiger partial charge in [0.2, 0.25) is 5.82 Å². The maximum absolute atomic E-state index is 10.8. The highest BCUT2D eigenvalue weighted by molar-refractivity contribution is 14.1. The van der Waals surface area contributed by atoms with Crippen LogP contribution in [0.2, 0.25) is 0 Å². The Morgan fingerprint density at radius 1 is 1.44 bits per heavy atom. The lowest BCUT2D eigenvalue weighted by Gasteiger charge is -1.98. The van der Waals surface area contributed by atoms with Crippen LogP contribution in [0.15, 0.2) is 24.3 Å². The third kappa shape index (κ3) is 3.71. The molecule has 7 nitrogen and oxygen atoms in total. The first kappa shape index (κ1) is 13.4. The van der Waals surface area contributed by atoms with Crippen molar-refractivity contribution in [1.29, 1.82) is 0 Å². The number of tetrazole rings is 1. The van der Waals surface area contributed by atoms with Crippen LogP contribution in [0.3, 0.4) is 0 Å². The van der Waals surface area contributed by atoms with Gasteiger partial charge in [0, 0.05) is 3.57 Å². The van der Waals surface area contributed by atoms with Crippen molar-refractivity contribution in [3.63, 3.8) is 0 Å². The van der Waals surface area contributed by atoms with Crippen LogP contribution in [0.5, 0.6) is 0 Å². The van der Waals surface area contributed by atoms with Crippen molar-refractivity contribution in [1.82, 2.24) is 20.2 Å². The fourth-order valence-corrected chi connectivity index (χ4v) is 2.02. The molecule has 0 unspecified atom stereocenters. The lowest BCUT2D eigenvalue weighted by atomic mass is 10.3. The van der Waals surface area contributed by atoms with Crippen molar-refractivity contribution in [3.8, 4) is 5.69 Å². The quantitative estimate of drug-likeness (QED) is 0.575. The van der Waals surface area contributed by atoms with Crippen molar-refractivity contribution >= 4 is 32.7 Å². The van der Waals surface area contributed by atoms with E-state index >= 15 is 0 Å². The van der Waals surface area contributed by atoms with Gasteiger partial charge in [0.15, 0.2) is 0 Å². The standard InChI is InChI=1S/C9H9IN4O3S/c1-18(15,16)17-6-9-11-13-14(12-9)8-4-2-3-7(10)5-8/h2-5H,6H2,1H3. The summed E-state index contributed by atoms with van der Waals surface area (Å²) in [6.07, 6.45) is 0.969. The summed E-state index contributed by atoms with van der Waals surface area (Å²) in [5.41, 5.74) is 0.750. The number of benzene rings is 1. The predicted molar refractivity (Wildman–Crippen MR) is 71.5 cm³/mol. The van der Waals surface area contributed by atoms with Crippen molar-refractivity contribution in [2.24, 2.45) is 0 Å². The van der Waals surface area contributed by atoms with Crippen molar-refractivity contribution in [2.75, 3.05) is 6.26 Å². The molecule has 0 aliphatic heterocycles. The summed E-state index contributed by atoms with van der Waals surface area (Å²) in [4.78, 5) is 1.32. The molecular weight excluding hydrogens is 371 g/mol. The molecule has 2 rings (SSSR count). The van der Waals surface area contributed by atoms with Crippen LogP contribution in [0.1, 0.15) is 5.82 Å². The van der Waals surface area contributed by atoms with E-state index in [4.69, 9.17) is 0 Å². The van der Waals surface area contributed by atoms with E-state index in [9.17, 15) is 8.42 Å². The summed E-state index contributed by atoms with van der Waals surface area (Å²) < 4.78 is 27.3. The fraction of sp³-hybridized carbons (Fsp3) is 0.222. The highest BCUT2D eigenvalue weighted by atomic mass is 127. The second-order valence-corrected chi connectivity index (χ2v) is 6.33. The summed E-state index contributed by atoms with van der Waals surface area (Å²) in [6.45, 7) is -0.219. The number of halogens is 1. The minimum absolute atomic E-state index is 0.208. The molecule has 1 aromatic carbocycles. The lowest BCUT2D eigenvalue weighted by Crippen LogP contribution is -2.04. The van der Waals surface area contributed by atoms with E-state index in [0.717, 1.165) is 15.5 Å². The van der Waals surface area contributed by atoms with Crippen LogP contribution in [-0.4, -0.2) is 34.9 Å². The minimum Gasteiger partial charge on any atom is -0.262 e. The van der Waals surface area contributed by atoms with Gasteiger partial charge in [-0.15, -0.1) is 15.0 Å². The summed E-state index contributed by atoms with van der Waals surface area (Å²) in [5.74, 6) is 0.208. The molecule has 2 aromatic rings. The Morgan fingerprint density at radius 3 is 2.89 bits per heavy atom. The van der Waals surface area contributed by atoms with Crippen LogP contribution < -0.4 is 0 Å². The molecule has 0 N–H and O–H groups in total. The van der Waals surface area contributed by atoms with Gasteiger partial charge in [0.1, 0.15) is 6.61 Å². The normalized spacial score (nSPS) is 11.7. The summed E-state index contributed by atoms with van der Waals surface area (Å²) >= 11 is 2.17. The Labute approximate surface area is 117 Å². The lowest BCUT2D eigenvalue weighted by molar-refractivity contribution is 0.302. The molecule has 0 aliphatic carbocycles. The van der Waals surface area contributed by atoms with Gasteiger partial charge in [0.05, 0.1) is 11.9 Å². The fourth-order valence-electron chi connectivity index (χ4n) is 1.17. The molecule has 1 aromatic heterocycles. The van der Waals surface area contributed by atoms with E-state index in [1.54, 1.807) is 0 Å². The Hall–Kier alpha value is -1.07. The van der Waals surface area contributed by atoms with Gasteiger partial charge in [0.25, 0.3) is 10.1 Å². The number of hydrogen-bond acceptors (Lipinski definition) is 6. The molecule has 9 heteroatoms. The van der Waals surface area contributed by atoms with Gasteiger partial charge in [-0.2, -0.15) is 8.42 Å². The topological polar surface area (TPSA) is 87.0 Å². The predicted octanol–water partition coefficient (Wildman–Crippen LogP) is 0.743. The largest absolute Gasteiger partial charge is 0.264 e. The van der Waals surface area contributed by atoms with Crippen molar-refractivity contribution in [2.45, 2.75) is 6.61 Å². The smallest absolute Gasteiger partial charge is 0.262 e. The zero-order valence-electron chi connectivity index (χ0n) is 9.32.